The van der Waals surface area contributed by atoms with Crippen molar-refractivity contribution in [2.45, 2.75) is 20.4 Å². The van der Waals surface area contributed by atoms with E-state index in [1.807, 2.05) is 38.1 Å². The van der Waals surface area contributed by atoms with Crippen LogP contribution in [0.1, 0.15) is 29.8 Å². The van der Waals surface area contributed by atoms with Gasteiger partial charge in [0.2, 0.25) is 0 Å². The maximum Gasteiger partial charge on any atom is 0.251 e. The van der Waals surface area contributed by atoms with Gasteiger partial charge in [-0.1, -0.05) is 18.2 Å². The average molecular weight is 399 g/mol. The van der Waals surface area contributed by atoms with Crippen molar-refractivity contribution in [3.63, 3.8) is 0 Å². The van der Waals surface area contributed by atoms with Crippen LogP contribution in [0.25, 0.3) is 0 Å². The third kappa shape index (κ3) is 7.37. The Kier molecular flexibility index (Phi) is 9.35. The van der Waals surface area contributed by atoms with E-state index in [0.29, 0.717) is 37.8 Å². The number of benzene rings is 2. The highest BCUT2D eigenvalue weighted by Crippen LogP contribution is 2.18. The van der Waals surface area contributed by atoms with Crippen molar-refractivity contribution in [1.29, 1.82) is 0 Å². The number of ether oxygens (including phenoxy) is 2. The minimum absolute atomic E-state index is 0.123. The molecule has 0 spiro atoms. The topological polar surface area (TPSA) is 84.0 Å². The first-order valence-electron chi connectivity index (χ1n) is 9.83. The zero-order valence-corrected chi connectivity index (χ0v) is 17.3. The normalized spacial score (nSPS) is 10.9. The van der Waals surface area contributed by atoms with Gasteiger partial charge >= 0.3 is 0 Å². The van der Waals surface area contributed by atoms with Crippen LogP contribution in [0.3, 0.4) is 0 Å². The molecule has 0 unspecified atom stereocenters. The zero-order chi connectivity index (χ0) is 20.9. The van der Waals surface area contributed by atoms with Gasteiger partial charge in [0, 0.05) is 30.8 Å². The molecule has 2 aromatic rings. The Hall–Kier alpha value is -3.22. The summed E-state index contributed by atoms with van der Waals surface area (Å²) < 4.78 is 10.7. The van der Waals surface area contributed by atoms with E-state index in [4.69, 9.17) is 9.47 Å². The van der Waals surface area contributed by atoms with Crippen molar-refractivity contribution in [3.8, 4) is 11.5 Å². The van der Waals surface area contributed by atoms with E-state index in [1.165, 1.54) is 0 Å². The molecule has 0 aromatic heterocycles. The number of guanidine groups is 1. The van der Waals surface area contributed by atoms with Gasteiger partial charge in [-0.3, -0.25) is 4.79 Å². The predicted molar refractivity (Wildman–Crippen MR) is 116 cm³/mol. The van der Waals surface area contributed by atoms with Crippen molar-refractivity contribution < 1.29 is 14.3 Å². The van der Waals surface area contributed by atoms with Crippen molar-refractivity contribution in [2.24, 2.45) is 4.99 Å². The van der Waals surface area contributed by atoms with E-state index in [2.05, 4.69) is 20.9 Å². The molecule has 1 amide bonds. The van der Waals surface area contributed by atoms with Gasteiger partial charge in [-0.15, -0.1) is 0 Å². The van der Waals surface area contributed by atoms with Crippen molar-refractivity contribution >= 4 is 11.9 Å². The summed E-state index contributed by atoms with van der Waals surface area (Å²) in [6.45, 7) is 6.88. The lowest BCUT2D eigenvalue weighted by atomic mass is 10.2. The van der Waals surface area contributed by atoms with Crippen LogP contribution in [0.2, 0.25) is 0 Å². The summed E-state index contributed by atoms with van der Waals surface area (Å²) in [5, 5.41) is 9.33. The van der Waals surface area contributed by atoms with Crippen molar-refractivity contribution in [1.82, 2.24) is 16.0 Å². The Bertz CT molecular complexity index is 791. The van der Waals surface area contributed by atoms with Gasteiger partial charge in [-0.25, -0.2) is 4.99 Å². The number of nitrogens with zero attached hydrogens (tertiary/aromatic N) is 1. The predicted octanol–water partition coefficient (Wildman–Crippen LogP) is 2.58. The summed E-state index contributed by atoms with van der Waals surface area (Å²) in [5.41, 5.74) is 1.62. The van der Waals surface area contributed by atoms with Crippen LogP contribution in [-0.4, -0.2) is 45.2 Å². The third-order valence-electron chi connectivity index (χ3n) is 4.08. The van der Waals surface area contributed by atoms with Crippen LogP contribution in [0.15, 0.2) is 53.5 Å². The molecular formula is C22H30N4O3. The number of hydrogen-bond donors (Lipinski definition) is 3. The fourth-order valence-electron chi connectivity index (χ4n) is 2.64. The van der Waals surface area contributed by atoms with E-state index in [9.17, 15) is 4.79 Å². The first-order valence-corrected chi connectivity index (χ1v) is 9.83. The molecule has 0 aliphatic carbocycles. The fourth-order valence-corrected chi connectivity index (χ4v) is 2.64. The average Bonchev–Trinajstić information content (AvgIpc) is 2.76. The van der Waals surface area contributed by atoms with Gasteiger partial charge in [0.15, 0.2) is 5.96 Å². The Morgan fingerprint density at radius 3 is 2.38 bits per heavy atom. The molecule has 29 heavy (non-hydrogen) atoms. The van der Waals surface area contributed by atoms with Crippen LogP contribution in [0.5, 0.6) is 11.5 Å². The second kappa shape index (κ2) is 12.3. The Morgan fingerprint density at radius 2 is 1.69 bits per heavy atom. The molecular weight excluding hydrogens is 368 g/mol. The lowest BCUT2D eigenvalue weighted by Gasteiger charge is -2.13. The number of rotatable bonds is 10. The van der Waals surface area contributed by atoms with Gasteiger partial charge in [0.1, 0.15) is 11.5 Å². The summed E-state index contributed by atoms with van der Waals surface area (Å²) in [5.74, 6) is 2.14. The molecule has 2 aromatic carbocycles. The van der Waals surface area contributed by atoms with Crippen molar-refractivity contribution in [2.75, 3.05) is 33.4 Å². The maximum absolute atomic E-state index is 12.2. The van der Waals surface area contributed by atoms with Crippen LogP contribution >= 0.6 is 0 Å². The Morgan fingerprint density at radius 1 is 0.966 bits per heavy atom. The summed E-state index contributed by atoms with van der Waals surface area (Å²) >= 11 is 0. The highest BCUT2D eigenvalue weighted by molar-refractivity contribution is 5.94. The van der Waals surface area contributed by atoms with E-state index in [-0.39, 0.29) is 5.91 Å². The number of hydrogen-bond acceptors (Lipinski definition) is 4. The standard InChI is InChI=1S/C22H30N4O3/c1-4-23-22(26-16-18-8-6-7-9-20(18)29-5-2)25-15-14-24-21(27)17-10-12-19(28-3)13-11-17/h6-13H,4-5,14-16H2,1-3H3,(H,24,27)(H2,23,25,26). The summed E-state index contributed by atoms with van der Waals surface area (Å²) in [6.07, 6.45) is 0. The second-order valence-corrected chi connectivity index (χ2v) is 6.15. The first kappa shape index (κ1) is 22.1. The molecule has 0 aliphatic rings. The van der Waals surface area contributed by atoms with Gasteiger partial charge in [-0.05, 0) is 44.2 Å². The summed E-state index contributed by atoms with van der Waals surface area (Å²) in [6, 6.07) is 14.9. The molecule has 0 fully saturated rings. The molecule has 0 saturated heterocycles. The molecule has 7 nitrogen and oxygen atoms in total. The second-order valence-electron chi connectivity index (χ2n) is 6.15. The lowest BCUT2D eigenvalue weighted by molar-refractivity contribution is 0.0954. The minimum Gasteiger partial charge on any atom is -0.497 e. The number of aliphatic imine (C=N–C) groups is 1. The van der Waals surface area contributed by atoms with Crippen LogP contribution < -0.4 is 25.4 Å². The number of para-hydroxylation sites is 1. The van der Waals surface area contributed by atoms with Gasteiger partial charge in [0.25, 0.3) is 5.91 Å². The lowest BCUT2D eigenvalue weighted by Crippen LogP contribution is -2.41. The molecule has 0 radical (unpaired) electrons. The first-order chi connectivity index (χ1) is 14.2. The van der Waals surface area contributed by atoms with E-state index >= 15 is 0 Å². The van der Waals surface area contributed by atoms with Gasteiger partial charge in [-0.2, -0.15) is 0 Å². The quantitative estimate of drug-likeness (QED) is 0.325. The molecule has 2 rings (SSSR count). The fraction of sp³-hybridized carbons (Fsp3) is 0.364. The monoisotopic (exact) mass is 398 g/mol. The van der Waals surface area contributed by atoms with Crippen LogP contribution in [-0.2, 0) is 6.54 Å². The largest absolute Gasteiger partial charge is 0.497 e. The van der Waals surface area contributed by atoms with Crippen LogP contribution in [0.4, 0.5) is 0 Å². The third-order valence-corrected chi connectivity index (χ3v) is 4.08. The van der Waals surface area contributed by atoms with Crippen molar-refractivity contribution in [3.05, 3.63) is 59.7 Å². The molecule has 7 heteroatoms. The molecule has 156 valence electrons. The Balaban J connectivity index is 1.84. The summed E-state index contributed by atoms with van der Waals surface area (Å²) in [7, 11) is 1.60. The maximum atomic E-state index is 12.2. The number of carbonyl (C=O) groups excluding carboxylic acids is 1. The molecule has 0 bridgehead atoms. The molecule has 3 N–H and O–H groups in total. The number of carbonyl (C=O) groups is 1. The minimum atomic E-state index is -0.123. The van der Waals surface area contributed by atoms with E-state index in [0.717, 1.165) is 23.6 Å². The highest BCUT2D eigenvalue weighted by Gasteiger charge is 2.06. The summed E-state index contributed by atoms with van der Waals surface area (Å²) in [4.78, 5) is 16.8. The van der Waals surface area contributed by atoms with Gasteiger partial charge in [0.05, 0.1) is 20.3 Å². The number of methoxy groups -OCH3 is 1. The smallest absolute Gasteiger partial charge is 0.251 e. The molecule has 0 heterocycles. The number of amides is 1. The SMILES string of the molecule is CCNC(=NCc1ccccc1OCC)NCCNC(=O)c1ccc(OC)cc1. The molecule has 0 atom stereocenters. The highest BCUT2D eigenvalue weighted by atomic mass is 16.5. The number of nitrogens with one attached hydrogen (secondary N) is 3. The molecule has 0 aliphatic heterocycles. The van der Waals surface area contributed by atoms with E-state index in [1.54, 1.807) is 31.4 Å². The van der Waals surface area contributed by atoms with Crippen LogP contribution in [0, 0.1) is 0 Å². The van der Waals surface area contributed by atoms with Gasteiger partial charge < -0.3 is 25.4 Å². The van der Waals surface area contributed by atoms with E-state index < -0.39 is 0 Å². The molecule has 0 saturated carbocycles. The Labute approximate surface area is 172 Å². The zero-order valence-electron chi connectivity index (χ0n) is 17.3.